The van der Waals surface area contributed by atoms with Crippen LogP contribution in [0.3, 0.4) is 0 Å². The third-order valence-corrected chi connectivity index (χ3v) is 6.18. The second-order valence-corrected chi connectivity index (χ2v) is 8.52. The normalized spacial score (nSPS) is 14.3. The van der Waals surface area contributed by atoms with Gasteiger partial charge in [-0.25, -0.2) is 0 Å². The highest BCUT2D eigenvalue weighted by Crippen LogP contribution is 2.23. The summed E-state index contributed by atoms with van der Waals surface area (Å²) in [6.45, 7) is 4.01. The van der Waals surface area contributed by atoms with Gasteiger partial charge in [0.2, 0.25) is 5.91 Å². The van der Waals surface area contributed by atoms with E-state index in [0.717, 1.165) is 25.2 Å². The zero-order chi connectivity index (χ0) is 23.4. The highest BCUT2D eigenvalue weighted by Gasteiger charge is 2.23. The number of hydrogen-bond acceptors (Lipinski definition) is 4. The molecule has 1 unspecified atom stereocenters. The molecule has 1 atom stereocenters. The number of nitrogens with one attached hydrogen (secondary N) is 2. The Morgan fingerprint density at radius 1 is 1.03 bits per heavy atom. The van der Waals surface area contributed by atoms with Crippen molar-refractivity contribution in [2.45, 2.75) is 38.6 Å². The summed E-state index contributed by atoms with van der Waals surface area (Å²) in [6, 6.07) is 15.7. The number of nitrogens with zero attached hydrogens (tertiary/aromatic N) is 2. The van der Waals surface area contributed by atoms with Gasteiger partial charge in [-0.1, -0.05) is 37.6 Å². The third-order valence-electron chi connectivity index (χ3n) is 6.18. The number of anilines is 2. The fraction of sp³-hybridized carbons (Fsp3) is 0.346. The second-order valence-electron chi connectivity index (χ2n) is 8.52. The van der Waals surface area contributed by atoms with Crippen LogP contribution in [-0.4, -0.2) is 35.5 Å². The maximum Gasteiger partial charge on any atom is 0.252 e. The third kappa shape index (κ3) is 4.92. The lowest BCUT2D eigenvalue weighted by atomic mass is 10.1. The van der Waals surface area contributed by atoms with Crippen molar-refractivity contribution < 1.29 is 9.59 Å². The zero-order valence-corrected chi connectivity index (χ0v) is 19.1. The van der Waals surface area contributed by atoms with Crippen LogP contribution in [0.4, 0.5) is 11.4 Å². The number of benzene rings is 2. The standard InChI is InChI=1S/C26H30N4O3/c1-3-9-22(26(33)27-18-10-8-11-19(16-18)30-14-6-7-15-30)28-25(32)21-17-24(31)29(2)23-13-5-4-12-20(21)23/h4-5,8,10-13,16-17,22H,3,6-7,9,14-15H2,1-2H3,(H,27,33)(H,28,32). The number of rotatable bonds is 7. The summed E-state index contributed by atoms with van der Waals surface area (Å²) in [4.78, 5) is 40.9. The minimum atomic E-state index is -0.708. The molecule has 1 fully saturated rings. The quantitative estimate of drug-likeness (QED) is 0.580. The van der Waals surface area contributed by atoms with Crippen molar-refractivity contribution in [2.75, 3.05) is 23.3 Å². The highest BCUT2D eigenvalue weighted by atomic mass is 16.2. The fourth-order valence-corrected chi connectivity index (χ4v) is 4.38. The summed E-state index contributed by atoms with van der Waals surface area (Å²) in [5.41, 5.74) is 2.48. The van der Waals surface area contributed by atoms with Crippen molar-refractivity contribution in [3.8, 4) is 0 Å². The summed E-state index contributed by atoms with van der Waals surface area (Å²) in [7, 11) is 1.68. The number of carbonyl (C=O) groups is 2. The van der Waals surface area contributed by atoms with Gasteiger partial charge < -0.3 is 20.1 Å². The Morgan fingerprint density at radius 3 is 2.55 bits per heavy atom. The van der Waals surface area contributed by atoms with Crippen molar-refractivity contribution in [1.82, 2.24) is 9.88 Å². The number of aromatic nitrogens is 1. The van der Waals surface area contributed by atoms with Crippen molar-refractivity contribution in [3.05, 3.63) is 70.5 Å². The lowest BCUT2D eigenvalue weighted by Crippen LogP contribution is -2.44. The predicted octanol–water partition coefficient (Wildman–Crippen LogP) is 3.68. The Bertz CT molecular complexity index is 1230. The second kappa shape index (κ2) is 9.90. The molecule has 0 spiro atoms. The molecule has 2 aromatic carbocycles. The molecule has 0 aliphatic carbocycles. The molecule has 0 bridgehead atoms. The van der Waals surface area contributed by atoms with Crippen LogP contribution in [0.1, 0.15) is 43.0 Å². The molecular formula is C26H30N4O3. The first-order chi connectivity index (χ1) is 16.0. The minimum Gasteiger partial charge on any atom is -0.371 e. The van der Waals surface area contributed by atoms with Crippen molar-refractivity contribution in [3.63, 3.8) is 0 Å². The van der Waals surface area contributed by atoms with E-state index in [2.05, 4.69) is 15.5 Å². The van der Waals surface area contributed by atoms with Crippen LogP contribution < -0.4 is 21.1 Å². The van der Waals surface area contributed by atoms with Gasteiger partial charge >= 0.3 is 0 Å². The van der Waals surface area contributed by atoms with Crippen LogP contribution in [0.15, 0.2) is 59.4 Å². The van der Waals surface area contributed by atoms with E-state index in [1.807, 2.05) is 49.4 Å². The van der Waals surface area contributed by atoms with Gasteiger partial charge in [0.15, 0.2) is 0 Å². The van der Waals surface area contributed by atoms with E-state index in [4.69, 9.17) is 0 Å². The number of fused-ring (bicyclic) bond motifs is 1. The molecule has 4 rings (SSSR count). The van der Waals surface area contributed by atoms with E-state index in [1.54, 1.807) is 13.1 Å². The van der Waals surface area contributed by atoms with Gasteiger partial charge in [-0.3, -0.25) is 14.4 Å². The number of carbonyl (C=O) groups excluding carboxylic acids is 2. The number of amides is 2. The van der Waals surface area contributed by atoms with E-state index in [-0.39, 0.29) is 17.0 Å². The molecule has 33 heavy (non-hydrogen) atoms. The predicted molar refractivity (Wildman–Crippen MR) is 132 cm³/mol. The van der Waals surface area contributed by atoms with Gasteiger partial charge in [0.05, 0.1) is 11.1 Å². The van der Waals surface area contributed by atoms with E-state index in [1.165, 1.54) is 23.5 Å². The molecule has 2 amide bonds. The van der Waals surface area contributed by atoms with Gasteiger partial charge in [-0.2, -0.15) is 0 Å². The zero-order valence-electron chi connectivity index (χ0n) is 19.1. The molecule has 3 aromatic rings. The highest BCUT2D eigenvalue weighted by molar-refractivity contribution is 6.08. The number of para-hydroxylation sites is 1. The number of pyridine rings is 1. The lowest BCUT2D eigenvalue weighted by molar-refractivity contribution is -0.118. The molecule has 7 nitrogen and oxygen atoms in total. The van der Waals surface area contributed by atoms with Crippen molar-refractivity contribution in [2.24, 2.45) is 7.05 Å². The topological polar surface area (TPSA) is 83.4 Å². The van der Waals surface area contributed by atoms with Crippen molar-refractivity contribution >= 4 is 34.1 Å². The van der Waals surface area contributed by atoms with Crippen LogP contribution in [-0.2, 0) is 11.8 Å². The molecule has 2 N–H and O–H groups in total. The molecule has 1 saturated heterocycles. The Hall–Kier alpha value is -3.61. The number of hydrogen-bond donors (Lipinski definition) is 2. The molecule has 1 aliphatic rings. The van der Waals surface area contributed by atoms with E-state index in [9.17, 15) is 14.4 Å². The lowest BCUT2D eigenvalue weighted by Gasteiger charge is -2.21. The van der Waals surface area contributed by atoms with Crippen LogP contribution >= 0.6 is 0 Å². The average molecular weight is 447 g/mol. The Morgan fingerprint density at radius 2 is 1.79 bits per heavy atom. The van der Waals surface area contributed by atoms with Gasteiger partial charge in [0.25, 0.3) is 11.5 Å². The first kappa shape index (κ1) is 22.6. The van der Waals surface area contributed by atoms with Gasteiger partial charge in [0.1, 0.15) is 6.04 Å². The first-order valence-corrected chi connectivity index (χ1v) is 11.5. The van der Waals surface area contributed by atoms with E-state index < -0.39 is 11.9 Å². The summed E-state index contributed by atoms with van der Waals surface area (Å²) in [5, 5.41) is 6.48. The Labute approximate surface area is 193 Å². The van der Waals surface area contributed by atoms with Crippen LogP contribution in [0, 0.1) is 0 Å². The SMILES string of the molecule is CCCC(NC(=O)c1cc(=O)n(C)c2ccccc12)C(=O)Nc1cccc(N2CCCC2)c1. The van der Waals surface area contributed by atoms with Gasteiger partial charge in [-0.15, -0.1) is 0 Å². The fourth-order valence-electron chi connectivity index (χ4n) is 4.38. The molecule has 1 aliphatic heterocycles. The van der Waals surface area contributed by atoms with Crippen LogP contribution in [0.2, 0.25) is 0 Å². The van der Waals surface area contributed by atoms with Gasteiger partial charge in [-0.05, 0) is 43.5 Å². The summed E-state index contributed by atoms with van der Waals surface area (Å²) in [5.74, 6) is -0.694. The van der Waals surface area contributed by atoms with Crippen LogP contribution in [0.25, 0.3) is 10.9 Å². The van der Waals surface area contributed by atoms with Gasteiger partial charge in [0, 0.05) is 43.0 Å². The van der Waals surface area contributed by atoms with E-state index in [0.29, 0.717) is 23.0 Å². The maximum atomic E-state index is 13.1. The minimum absolute atomic E-state index is 0.267. The molecular weight excluding hydrogens is 416 g/mol. The summed E-state index contributed by atoms with van der Waals surface area (Å²) >= 11 is 0. The van der Waals surface area contributed by atoms with E-state index >= 15 is 0 Å². The molecule has 1 aromatic heterocycles. The Kier molecular flexibility index (Phi) is 6.77. The summed E-state index contributed by atoms with van der Waals surface area (Å²) < 4.78 is 1.51. The average Bonchev–Trinajstić information content (AvgIpc) is 3.36. The largest absolute Gasteiger partial charge is 0.371 e. The molecule has 7 heteroatoms. The number of aryl methyl sites for hydroxylation is 1. The molecule has 172 valence electrons. The molecule has 2 heterocycles. The molecule has 0 radical (unpaired) electrons. The summed E-state index contributed by atoms with van der Waals surface area (Å²) in [6.07, 6.45) is 3.58. The van der Waals surface area contributed by atoms with Crippen molar-refractivity contribution in [1.29, 1.82) is 0 Å². The maximum absolute atomic E-state index is 13.1. The Balaban J connectivity index is 1.53. The monoisotopic (exact) mass is 446 g/mol. The van der Waals surface area contributed by atoms with Crippen LogP contribution in [0.5, 0.6) is 0 Å². The first-order valence-electron chi connectivity index (χ1n) is 11.5. The smallest absolute Gasteiger partial charge is 0.252 e. The molecule has 0 saturated carbocycles.